The Morgan fingerprint density at radius 3 is 2.50 bits per heavy atom. The standard InChI is InChI=1S/C12H16N2/c1-2-3-7-10-14(11-13)12-8-5-4-6-9-12/h4-6,8-9H,2-3,7,10H2,1H3. The van der Waals surface area contributed by atoms with Gasteiger partial charge in [-0.05, 0) is 18.6 Å². The molecule has 0 fully saturated rings. The first-order chi connectivity index (χ1) is 6.88. The van der Waals surface area contributed by atoms with E-state index in [1.807, 2.05) is 30.3 Å². The summed E-state index contributed by atoms with van der Waals surface area (Å²) in [4.78, 5) is 1.75. The Kier molecular flexibility index (Phi) is 4.57. The first kappa shape index (κ1) is 10.6. The minimum atomic E-state index is 0.828. The molecular weight excluding hydrogens is 172 g/mol. The number of rotatable bonds is 5. The van der Waals surface area contributed by atoms with Gasteiger partial charge in [-0.3, -0.25) is 4.90 Å². The lowest BCUT2D eigenvalue weighted by atomic mass is 10.2. The van der Waals surface area contributed by atoms with E-state index < -0.39 is 0 Å². The largest absolute Gasteiger partial charge is 0.279 e. The van der Waals surface area contributed by atoms with E-state index in [9.17, 15) is 0 Å². The molecule has 2 nitrogen and oxygen atoms in total. The summed E-state index contributed by atoms with van der Waals surface area (Å²) in [5.41, 5.74) is 0.992. The maximum atomic E-state index is 8.95. The molecule has 2 heteroatoms. The second-order valence-corrected chi connectivity index (χ2v) is 3.29. The second-order valence-electron chi connectivity index (χ2n) is 3.29. The van der Waals surface area contributed by atoms with Gasteiger partial charge in [0.2, 0.25) is 0 Å². The van der Waals surface area contributed by atoms with Crippen molar-refractivity contribution in [3.63, 3.8) is 0 Å². The molecule has 0 radical (unpaired) electrons. The molecule has 0 saturated carbocycles. The van der Waals surface area contributed by atoms with Crippen LogP contribution in [0.1, 0.15) is 26.2 Å². The number of nitrogens with zero attached hydrogens (tertiary/aromatic N) is 2. The molecule has 0 heterocycles. The molecule has 1 rings (SSSR count). The van der Waals surface area contributed by atoms with Gasteiger partial charge in [-0.1, -0.05) is 38.0 Å². The van der Waals surface area contributed by atoms with Crippen LogP contribution in [-0.2, 0) is 0 Å². The zero-order valence-corrected chi connectivity index (χ0v) is 8.61. The highest BCUT2D eigenvalue weighted by atomic mass is 15.1. The van der Waals surface area contributed by atoms with Crippen molar-refractivity contribution in [1.29, 1.82) is 5.26 Å². The van der Waals surface area contributed by atoms with Gasteiger partial charge in [0.25, 0.3) is 0 Å². The number of benzene rings is 1. The lowest BCUT2D eigenvalue weighted by molar-refractivity contribution is 0.717. The van der Waals surface area contributed by atoms with E-state index >= 15 is 0 Å². The molecule has 0 aliphatic carbocycles. The number of nitriles is 1. The summed E-state index contributed by atoms with van der Waals surface area (Å²) >= 11 is 0. The molecular formula is C12H16N2. The van der Waals surface area contributed by atoms with Crippen LogP contribution in [0.4, 0.5) is 5.69 Å². The maximum absolute atomic E-state index is 8.95. The zero-order valence-electron chi connectivity index (χ0n) is 8.61. The summed E-state index contributed by atoms with van der Waals surface area (Å²) in [6.07, 6.45) is 5.67. The highest BCUT2D eigenvalue weighted by Crippen LogP contribution is 2.12. The molecule has 0 unspecified atom stereocenters. The first-order valence-corrected chi connectivity index (χ1v) is 5.10. The lowest BCUT2D eigenvalue weighted by Crippen LogP contribution is -2.17. The molecule has 0 atom stereocenters. The molecule has 0 bridgehead atoms. The van der Waals surface area contributed by atoms with E-state index in [0.29, 0.717) is 0 Å². The van der Waals surface area contributed by atoms with Gasteiger partial charge < -0.3 is 0 Å². The third-order valence-corrected chi connectivity index (χ3v) is 2.17. The molecule has 14 heavy (non-hydrogen) atoms. The lowest BCUT2D eigenvalue weighted by Gasteiger charge is -2.14. The highest BCUT2D eigenvalue weighted by Gasteiger charge is 2.02. The average Bonchev–Trinajstić information content (AvgIpc) is 2.26. The highest BCUT2D eigenvalue weighted by molar-refractivity contribution is 5.49. The molecule has 0 amide bonds. The van der Waals surface area contributed by atoms with Crippen LogP contribution < -0.4 is 4.90 Å². The average molecular weight is 188 g/mol. The van der Waals surface area contributed by atoms with E-state index in [1.54, 1.807) is 4.90 Å². The van der Waals surface area contributed by atoms with Gasteiger partial charge in [-0.2, -0.15) is 5.26 Å². The summed E-state index contributed by atoms with van der Waals surface area (Å²) < 4.78 is 0. The zero-order chi connectivity index (χ0) is 10.2. The molecule has 0 spiro atoms. The van der Waals surface area contributed by atoms with Gasteiger partial charge in [0.15, 0.2) is 6.19 Å². The third kappa shape index (κ3) is 3.10. The van der Waals surface area contributed by atoms with Crippen molar-refractivity contribution in [2.24, 2.45) is 0 Å². The minimum Gasteiger partial charge on any atom is -0.279 e. The number of unbranched alkanes of at least 4 members (excludes halogenated alkanes) is 2. The normalized spacial score (nSPS) is 9.43. The monoisotopic (exact) mass is 188 g/mol. The van der Waals surface area contributed by atoms with Crippen LogP contribution in [0.25, 0.3) is 0 Å². The molecule has 0 aromatic heterocycles. The van der Waals surface area contributed by atoms with Crippen LogP contribution in [0, 0.1) is 11.5 Å². The van der Waals surface area contributed by atoms with Crippen LogP contribution in [0.2, 0.25) is 0 Å². The predicted molar refractivity (Wildman–Crippen MR) is 58.9 cm³/mol. The first-order valence-electron chi connectivity index (χ1n) is 5.10. The fraction of sp³-hybridized carbons (Fsp3) is 0.417. The summed E-state index contributed by atoms with van der Waals surface area (Å²) in [6.45, 7) is 2.99. The van der Waals surface area contributed by atoms with Crippen LogP contribution in [-0.4, -0.2) is 6.54 Å². The Morgan fingerprint density at radius 1 is 1.21 bits per heavy atom. The van der Waals surface area contributed by atoms with Gasteiger partial charge in [0, 0.05) is 6.54 Å². The van der Waals surface area contributed by atoms with Gasteiger partial charge in [-0.25, -0.2) is 0 Å². The summed E-state index contributed by atoms with van der Waals surface area (Å²) in [5.74, 6) is 0. The Morgan fingerprint density at radius 2 is 1.93 bits per heavy atom. The number of hydrogen-bond donors (Lipinski definition) is 0. The van der Waals surface area contributed by atoms with Crippen molar-refractivity contribution in [3.8, 4) is 6.19 Å². The summed E-state index contributed by atoms with van der Waals surface area (Å²) in [5, 5.41) is 8.95. The summed E-state index contributed by atoms with van der Waals surface area (Å²) in [7, 11) is 0. The molecule has 0 aliphatic rings. The third-order valence-electron chi connectivity index (χ3n) is 2.17. The molecule has 0 saturated heterocycles. The molecule has 74 valence electrons. The fourth-order valence-electron chi connectivity index (χ4n) is 1.36. The van der Waals surface area contributed by atoms with Crippen LogP contribution in [0.5, 0.6) is 0 Å². The molecule has 1 aromatic carbocycles. The smallest absolute Gasteiger partial charge is 0.184 e. The molecule has 0 N–H and O–H groups in total. The van der Waals surface area contributed by atoms with E-state index in [2.05, 4.69) is 13.1 Å². The van der Waals surface area contributed by atoms with E-state index in [0.717, 1.165) is 18.7 Å². The van der Waals surface area contributed by atoms with Gasteiger partial charge in [0.1, 0.15) is 0 Å². The van der Waals surface area contributed by atoms with Gasteiger partial charge >= 0.3 is 0 Å². The second kappa shape index (κ2) is 6.04. The molecule has 1 aromatic rings. The van der Waals surface area contributed by atoms with Crippen molar-refractivity contribution in [2.75, 3.05) is 11.4 Å². The number of anilines is 1. The Balaban J connectivity index is 2.52. The number of para-hydroxylation sites is 1. The maximum Gasteiger partial charge on any atom is 0.184 e. The fourth-order valence-corrected chi connectivity index (χ4v) is 1.36. The van der Waals surface area contributed by atoms with Crippen LogP contribution >= 0.6 is 0 Å². The van der Waals surface area contributed by atoms with Gasteiger partial charge in [-0.15, -0.1) is 0 Å². The minimum absolute atomic E-state index is 0.828. The van der Waals surface area contributed by atoms with Crippen molar-refractivity contribution in [1.82, 2.24) is 0 Å². The van der Waals surface area contributed by atoms with E-state index in [-0.39, 0.29) is 0 Å². The van der Waals surface area contributed by atoms with Crippen molar-refractivity contribution >= 4 is 5.69 Å². The SMILES string of the molecule is CCCCCN(C#N)c1ccccc1. The van der Waals surface area contributed by atoms with Crippen LogP contribution in [0.15, 0.2) is 30.3 Å². The quantitative estimate of drug-likeness (QED) is 0.403. The topological polar surface area (TPSA) is 27.0 Å². The van der Waals surface area contributed by atoms with Crippen molar-refractivity contribution in [3.05, 3.63) is 30.3 Å². The van der Waals surface area contributed by atoms with E-state index in [4.69, 9.17) is 5.26 Å². The van der Waals surface area contributed by atoms with Crippen molar-refractivity contribution in [2.45, 2.75) is 26.2 Å². The van der Waals surface area contributed by atoms with Gasteiger partial charge in [0.05, 0.1) is 5.69 Å². The van der Waals surface area contributed by atoms with Crippen molar-refractivity contribution < 1.29 is 0 Å². The number of hydrogen-bond acceptors (Lipinski definition) is 2. The van der Waals surface area contributed by atoms with Crippen LogP contribution in [0.3, 0.4) is 0 Å². The Hall–Kier alpha value is -1.49. The Bertz CT molecular complexity index is 287. The van der Waals surface area contributed by atoms with E-state index in [1.165, 1.54) is 12.8 Å². The Labute approximate surface area is 85.8 Å². The summed E-state index contributed by atoms with van der Waals surface area (Å²) in [6, 6.07) is 9.81. The molecule has 0 aliphatic heterocycles. The predicted octanol–water partition coefficient (Wildman–Crippen LogP) is 3.16.